The number of carboxylic acids is 1. The molecule has 0 aromatic rings. The molecule has 2 N–H and O–H groups in total. The van der Waals surface area contributed by atoms with Gasteiger partial charge in [0.25, 0.3) is 0 Å². The first kappa shape index (κ1) is 18.2. The van der Waals surface area contributed by atoms with E-state index in [4.69, 9.17) is 5.11 Å². The number of hydrogen-bond donors (Lipinski definition) is 2. The lowest BCUT2D eigenvalue weighted by molar-refractivity contribution is -0.141. The summed E-state index contributed by atoms with van der Waals surface area (Å²) in [6, 6.07) is 0. The predicted octanol–water partition coefficient (Wildman–Crippen LogP) is 1.75. The van der Waals surface area contributed by atoms with Gasteiger partial charge in [-0.1, -0.05) is 13.3 Å². The normalized spacial score (nSPS) is 14.3. The molecule has 0 aliphatic carbocycles. The van der Waals surface area contributed by atoms with Gasteiger partial charge in [-0.2, -0.15) is 13.2 Å². The third kappa shape index (κ3) is 9.71. The Morgan fingerprint density at radius 3 is 2.37 bits per heavy atom. The molecule has 1 atom stereocenters. The van der Waals surface area contributed by atoms with Crippen molar-refractivity contribution >= 4 is 16.0 Å². The van der Waals surface area contributed by atoms with Crippen LogP contribution in [0.2, 0.25) is 0 Å². The van der Waals surface area contributed by atoms with Crippen LogP contribution in [0.1, 0.15) is 32.6 Å². The molecule has 0 spiro atoms. The van der Waals surface area contributed by atoms with Crippen LogP contribution >= 0.6 is 0 Å². The Kier molecular flexibility index (Phi) is 7.35. The molecular weight excluding hydrogens is 287 g/mol. The first-order chi connectivity index (χ1) is 8.57. The first-order valence-corrected chi connectivity index (χ1v) is 7.49. The van der Waals surface area contributed by atoms with E-state index in [1.807, 2.05) is 4.72 Å². The Labute approximate surface area is 110 Å². The standard InChI is InChI=1S/C10H18F3NO4S/c1-2-4-8(9(15)16)7-14-19(17,18)6-3-5-10(11,12)13/h8,14H,2-7H2,1H3,(H,15,16). The molecule has 114 valence electrons. The molecule has 0 saturated heterocycles. The van der Waals surface area contributed by atoms with Gasteiger partial charge in [-0.05, 0) is 12.8 Å². The van der Waals surface area contributed by atoms with Crippen LogP contribution in [-0.4, -0.2) is 38.0 Å². The molecule has 0 heterocycles. The number of nitrogens with one attached hydrogen (secondary N) is 1. The van der Waals surface area contributed by atoms with Gasteiger partial charge >= 0.3 is 12.1 Å². The Balaban J connectivity index is 4.18. The van der Waals surface area contributed by atoms with Crippen molar-refractivity contribution in [1.82, 2.24) is 4.72 Å². The van der Waals surface area contributed by atoms with E-state index < -0.39 is 46.7 Å². The monoisotopic (exact) mass is 305 g/mol. The van der Waals surface area contributed by atoms with Crippen molar-refractivity contribution in [2.24, 2.45) is 5.92 Å². The summed E-state index contributed by atoms with van der Waals surface area (Å²) in [5, 5.41) is 8.80. The molecule has 1 unspecified atom stereocenters. The summed E-state index contributed by atoms with van der Waals surface area (Å²) < 4.78 is 60.4. The Morgan fingerprint density at radius 2 is 1.95 bits per heavy atom. The summed E-state index contributed by atoms with van der Waals surface area (Å²) in [6.45, 7) is 1.46. The predicted molar refractivity (Wildman–Crippen MR) is 63.1 cm³/mol. The minimum Gasteiger partial charge on any atom is -0.481 e. The van der Waals surface area contributed by atoms with E-state index in [2.05, 4.69) is 0 Å². The van der Waals surface area contributed by atoms with E-state index in [0.717, 1.165) is 0 Å². The summed E-state index contributed by atoms with van der Waals surface area (Å²) in [5.41, 5.74) is 0. The highest BCUT2D eigenvalue weighted by molar-refractivity contribution is 7.89. The number of sulfonamides is 1. The highest BCUT2D eigenvalue weighted by Gasteiger charge is 2.27. The van der Waals surface area contributed by atoms with Crippen molar-refractivity contribution in [3.05, 3.63) is 0 Å². The molecule has 5 nitrogen and oxygen atoms in total. The van der Waals surface area contributed by atoms with Crippen molar-refractivity contribution < 1.29 is 31.5 Å². The summed E-state index contributed by atoms with van der Waals surface area (Å²) in [4.78, 5) is 10.8. The molecule has 0 aliphatic heterocycles. The smallest absolute Gasteiger partial charge is 0.389 e. The molecule has 9 heteroatoms. The second kappa shape index (κ2) is 7.68. The Hall–Kier alpha value is -0.830. The molecule has 0 saturated carbocycles. The molecule has 0 aromatic heterocycles. The van der Waals surface area contributed by atoms with E-state index in [0.29, 0.717) is 12.8 Å². The number of rotatable bonds is 9. The third-order valence-corrected chi connectivity index (χ3v) is 3.84. The van der Waals surface area contributed by atoms with E-state index in [1.54, 1.807) is 6.92 Å². The van der Waals surface area contributed by atoms with Crippen LogP contribution in [0.3, 0.4) is 0 Å². The van der Waals surface area contributed by atoms with Gasteiger partial charge < -0.3 is 5.11 Å². The summed E-state index contributed by atoms with van der Waals surface area (Å²) in [6.07, 6.45) is -5.22. The van der Waals surface area contributed by atoms with Crippen LogP contribution in [0, 0.1) is 5.92 Å². The number of hydrogen-bond acceptors (Lipinski definition) is 3. The van der Waals surface area contributed by atoms with Crippen LogP contribution < -0.4 is 4.72 Å². The molecular formula is C10H18F3NO4S. The Morgan fingerprint density at radius 1 is 1.37 bits per heavy atom. The number of aliphatic carboxylic acids is 1. The molecule has 0 bridgehead atoms. The van der Waals surface area contributed by atoms with Gasteiger partial charge in [0.2, 0.25) is 10.0 Å². The highest BCUT2D eigenvalue weighted by atomic mass is 32.2. The van der Waals surface area contributed by atoms with Crippen molar-refractivity contribution in [1.29, 1.82) is 0 Å². The zero-order valence-corrected chi connectivity index (χ0v) is 11.4. The minimum absolute atomic E-state index is 0.294. The quantitative estimate of drug-likeness (QED) is 0.680. The van der Waals surface area contributed by atoms with Gasteiger partial charge in [0.05, 0.1) is 11.7 Å². The van der Waals surface area contributed by atoms with Gasteiger partial charge in [0.1, 0.15) is 0 Å². The Bertz CT molecular complexity index is 381. The van der Waals surface area contributed by atoms with Gasteiger partial charge in [0.15, 0.2) is 0 Å². The fraction of sp³-hybridized carbons (Fsp3) is 0.900. The van der Waals surface area contributed by atoms with Crippen molar-refractivity contribution in [3.8, 4) is 0 Å². The largest absolute Gasteiger partial charge is 0.481 e. The van der Waals surface area contributed by atoms with Gasteiger partial charge in [0, 0.05) is 13.0 Å². The van der Waals surface area contributed by atoms with Crippen molar-refractivity contribution in [2.45, 2.75) is 38.8 Å². The molecule has 0 fully saturated rings. The van der Waals surface area contributed by atoms with Crippen LogP contribution in [-0.2, 0) is 14.8 Å². The number of carbonyl (C=O) groups is 1. The van der Waals surface area contributed by atoms with E-state index >= 15 is 0 Å². The molecule has 0 amide bonds. The summed E-state index contributed by atoms with van der Waals surface area (Å²) >= 11 is 0. The average Bonchev–Trinajstić information content (AvgIpc) is 2.21. The van der Waals surface area contributed by atoms with Gasteiger partial charge in [-0.3, -0.25) is 4.79 Å². The van der Waals surface area contributed by atoms with Gasteiger partial charge in [-0.25, -0.2) is 13.1 Å². The number of alkyl halides is 3. The second-order valence-corrected chi connectivity index (χ2v) is 6.14. The fourth-order valence-corrected chi connectivity index (χ4v) is 2.55. The SMILES string of the molecule is CCCC(CNS(=O)(=O)CCCC(F)(F)F)C(=O)O. The maximum absolute atomic E-state index is 11.9. The molecule has 0 radical (unpaired) electrons. The lowest BCUT2D eigenvalue weighted by atomic mass is 10.1. The first-order valence-electron chi connectivity index (χ1n) is 5.84. The zero-order chi connectivity index (χ0) is 15.1. The van der Waals surface area contributed by atoms with E-state index in [9.17, 15) is 26.4 Å². The lowest BCUT2D eigenvalue weighted by Crippen LogP contribution is -2.34. The number of halogens is 3. The van der Waals surface area contributed by atoms with E-state index in [-0.39, 0.29) is 6.54 Å². The third-order valence-electron chi connectivity index (χ3n) is 2.41. The summed E-state index contributed by atoms with van der Waals surface area (Å²) in [5.74, 6) is -2.65. The van der Waals surface area contributed by atoms with Crippen LogP contribution in [0.15, 0.2) is 0 Å². The molecule has 0 rings (SSSR count). The van der Waals surface area contributed by atoms with Gasteiger partial charge in [-0.15, -0.1) is 0 Å². The fourth-order valence-electron chi connectivity index (χ4n) is 1.42. The molecule has 0 aromatic carbocycles. The van der Waals surface area contributed by atoms with Crippen molar-refractivity contribution in [2.75, 3.05) is 12.3 Å². The van der Waals surface area contributed by atoms with Crippen LogP contribution in [0.25, 0.3) is 0 Å². The van der Waals surface area contributed by atoms with Crippen LogP contribution in [0.4, 0.5) is 13.2 Å². The van der Waals surface area contributed by atoms with Crippen LogP contribution in [0.5, 0.6) is 0 Å². The average molecular weight is 305 g/mol. The maximum Gasteiger partial charge on any atom is 0.389 e. The second-order valence-electron chi connectivity index (χ2n) is 4.21. The maximum atomic E-state index is 11.9. The van der Waals surface area contributed by atoms with E-state index in [1.165, 1.54) is 0 Å². The topological polar surface area (TPSA) is 83.5 Å². The van der Waals surface area contributed by atoms with Crippen molar-refractivity contribution in [3.63, 3.8) is 0 Å². The highest BCUT2D eigenvalue weighted by Crippen LogP contribution is 2.21. The number of carboxylic acid groups (broad SMARTS) is 1. The summed E-state index contributed by atoms with van der Waals surface area (Å²) in [7, 11) is -3.86. The minimum atomic E-state index is -4.39. The zero-order valence-electron chi connectivity index (χ0n) is 10.5. The lowest BCUT2D eigenvalue weighted by Gasteiger charge is -2.13. The molecule has 0 aliphatic rings. The molecule has 19 heavy (non-hydrogen) atoms.